The molecule has 2 heteroatoms. The maximum absolute atomic E-state index is 6.15. The zero-order chi connectivity index (χ0) is 12.2. The largest absolute Gasteiger partial charge is 0.310 e. The van der Waals surface area contributed by atoms with E-state index < -0.39 is 0 Å². The third-order valence-electron chi connectivity index (χ3n) is 2.70. The summed E-state index contributed by atoms with van der Waals surface area (Å²) in [4.78, 5) is 0. The van der Waals surface area contributed by atoms with Gasteiger partial charge in [0.25, 0.3) is 0 Å². The first-order valence-electron chi connectivity index (χ1n) is 5.88. The molecule has 0 saturated carbocycles. The Balaban J connectivity index is 2.47. The third-order valence-corrected chi connectivity index (χ3v) is 3.04. The number of hydrogen-bond acceptors (Lipinski definition) is 1. The summed E-state index contributed by atoms with van der Waals surface area (Å²) in [6.45, 7) is 9.96. The maximum atomic E-state index is 6.15. The minimum Gasteiger partial charge on any atom is -0.310 e. The lowest BCUT2D eigenvalue weighted by Gasteiger charge is -2.21. The van der Waals surface area contributed by atoms with Gasteiger partial charge in [-0.3, -0.25) is 0 Å². The molecule has 0 bridgehead atoms. The molecule has 0 saturated heterocycles. The lowest BCUT2D eigenvalue weighted by Crippen LogP contribution is -2.23. The fourth-order valence-electron chi connectivity index (χ4n) is 1.60. The molecule has 0 aliphatic heterocycles. The molecule has 1 nitrogen and oxygen atoms in total. The predicted molar refractivity (Wildman–Crippen MR) is 71.9 cm³/mol. The molecular weight excluding hydrogens is 218 g/mol. The van der Waals surface area contributed by atoms with Crippen molar-refractivity contribution in [1.82, 2.24) is 5.32 Å². The van der Waals surface area contributed by atoms with Gasteiger partial charge >= 0.3 is 0 Å². The number of benzene rings is 1. The third kappa shape index (κ3) is 4.54. The minimum absolute atomic E-state index is 0.316. The van der Waals surface area contributed by atoms with Gasteiger partial charge in [0.15, 0.2) is 0 Å². The normalized spacial score (nSPS) is 13.8. The van der Waals surface area contributed by atoms with Gasteiger partial charge in [-0.1, -0.05) is 50.6 Å². The molecule has 1 aromatic rings. The quantitative estimate of drug-likeness (QED) is 0.820. The van der Waals surface area contributed by atoms with Crippen LogP contribution in [0, 0.1) is 5.41 Å². The molecule has 1 aromatic carbocycles. The Kier molecular flexibility index (Phi) is 4.82. The van der Waals surface area contributed by atoms with Crippen LogP contribution in [0.5, 0.6) is 0 Å². The number of halogens is 1. The van der Waals surface area contributed by atoms with Crippen LogP contribution in [-0.4, -0.2) is 6.54 Å². The summed E-state index contributed by atoms with van der Waals surface area (Å²) in [6, 6.07) is 8.34. The van der Waals surface area contributed by atoms with Crippen LogP contribution in [0.15, 0.2) is 24.3 Å². The van der Waals surface area contributed by atoms with Crippen LogP contribution >= 0.6 is 11.6 Å². The van der Waals surface area contributed by atoms with Crippen LogP contribution in [0.1, 0.15) is 45.7 Å². The van der Waals surface area contributed by atoms with E-state index in [-0.39, 0.29) is 0 Å². The number of hydrogen-bond donors (Lipinski definition) is 1. The fraction of sp³-hybridized carbons (Fsp3) is 0.571. The lowest BCUT2D eigenvalue weighted by atomic mass is 9.92. The van der Waals surface area contributed by atoms with Crippen molar-refractivity contribution in [2.75, 3.05) is 6.54 Å². The molecule has 0 unspecified atom stereocenters. The Morgan fingerprint density at radius 3 is 2.44 bits per heavy atom. The molecule has 1 N–H and O–H groups in total. The highest BCUT2D eigenvalue weighted by Gasteiger charge is 2.12. The van der Waals surface area contributed by atoms with Crippen LogP contribution in [0.2, 0.25) is 5.02 Å². The van der Waals surface area contributed by atoms with Crippen LogP contribution < -0.4 is 5.32 Å². The molecule has 0 aliphatic rings. The molecule has 0 radical (unpaired) electrons. The number of nitrogens with one attached hydrogen (secondary N) is 1. The van der Waals surface area contributed by atoms with E-state index in [1.807, 2.05) is 18.2 Å². The van der Waals surface area contributed by atoms with E-state index in [0.29, 0.717) is 11.5 Å². The first-order chi connectivity index (χ1) is 7.40. The summed E-state index contributed by atoms with van der Waals surface area (Å²) in [7, 11) is 0. The average Bonchev–Trinajstić information content (AvgIpc) is 2.16. The van der Waals surface area contributed by atoms with Gasteiger partial charge in [-0.25, -0.2) is 0 Å². The van der Waals surface area contributed by atoms with Gasteiger partial charge in [0.2, 0.25) is 0 Å². The van der Waals surface area contributed by atoms with Crippen molar-refractivity contribution in [3.63, 3.8) is 0 Å². The second kappa shape index (κ2) is 5.70. The molecule has 0 amide bonds. The first kappa shape index (κ1) is 13.5. The zero-order valence-electron chi connectivity index (χ0n) is 10.7. The standard InChI is InChI=1S/C14H22ClN/c1-11(16-10-9-14(2,3)4)12-7-5-6-8-13(12)15/h5-8,11,16H,9-10H2,1-4H3/t11-/m1/s1. The smallest absolute Gasteiger partial charge is 0.0453 e. The average molecular weight is 240 g/mol. The molecule has 0 aromatic heterocycles. The van der Waals surface area contributed by atoms with Crippen LogP contribution in [0.4, 0.5) is 0 Å². The second-order valence-electron chi connectivity index (χ2n) is 5.51. The molecule has 16 heavy (non-hydrogen) atoms. The molecule has 90 valence electrons. The summed E-state index contributed by atoms with van der Waals surface area (Å²) in [6.07, 6.45) is 1.17. The summed E-state index contributed by atoms with van der Waals surface area (Å²) in [5.41, 5.74) is 1.56. The van der Waals surface area contributed by atoms with Gasteiger partial charge < -0.3 is 5.32 Å². The fourth-order valence-corrected chi connectivity index (χ4v) is 1.90. The zero-order valence-corrected chi connectivity index (χ0v) is 11.4. The Hall–Kier alpha value is -0.530. The van der Waals surface area contributed by atoms with E-state index in [1.165, 1.54) is 12.0 Å². The van der Waals surface area contributed by atoms with Gasteiger partial charge in [-0.2, -0.15) is 0 Å². The van der Waals surface area contributed by atoms with E-state index in [1.54, 1.807) is 0 Å². The van der Waals surface area contributed by atoms with E-state index in [0.717, 1.165) is 11.6 Å². The van der Waals surface area contributed by atoms with E-state index >= 15 is 0 Å². The Labute approximate surface area is 104 Å². The van der Waals surface area contributed by atoms with Crippen molar-refractivity contribution in [2.45, 2.75) is 40.2 Å². The van der Waals surface area contributed by atoms with Crippen LogP contribution in [-0.2, 0) is 0 Å². The summed E-state index contributed by atoms with van der Waals surface area (Å²) < 4.78 is 0. The van der Waals surface area contributed by atoms with Crippen LogP contribution in [0.25, 0.3) is 0 Å². The summed E-state index contributed by atoms with van der Waals surface area (Å²) in [5.74, 6) is 0. The van der Waals surface area contributed by atoms with Gasteiger partial charge in [-0.15, -0.1) is 0 Å². The predicted octanol–water partition coefficient (Wildman–Crippen LogP) is 4.43. The van der Waals surface area contributed by atoms with Gasteiger partial charge in [0.1, 0.15) is 0 Å². The second-order valence-corrected chi connectivity index (χ2v) is 5.92. The SMILES string of the molecule is C[C@@H](NCCC(C)(C)C)c1ccccc1Cl. The molecule has 0 fully saturated rings. The topological polar surface area (TPSA) is 12.0 Å². The van der Waals surface area contributed by atoms with Crippen molar-refractivity contribution in [3.8, 4) is 0 Å². The molecule has 0 heterocycles. The first-order valence-corrected chi connectivity index (χ1v) is 6.26. The van der Waals surface area contributed by atoms with E-state index in [4.69, 9.17) is 11.6 Å². The number of rotatable bonds is 4. The Morgan fingerprint density at radius 2 is 1.88 bits per heavy atom. The summed E-state index contributed by atoms with van der Waals surface area (Å²) in [5, 5.41) is 4.36. The Morgan fingerprint density at radius 1 is 1.25 bits per heavy atom. The minimum atomic E-state index is 0.316. The Bertz CT molecular complexity index is 328. The molecular formula is C14H22ClN. The molecule has 0 spiro atoms. The van der Waals surface area contributed by atoms with Crippen molar-refractivity contribution >= 4 is 11.6 Å². The van der Waals surface area contributed by atoms with Crippen LogP contribution in [0.3, 0.4) is 0 Å². The van der Waals surface area contributed by atoms with Gasteiger partial charge in [0, 0.05) is 11.1 Å². The monoisotopic (exact) mass is 239 g/mol. The van der Waals surface area contributed by atoms with E-state index in [9.17, 15) is 0 Å². The van der Waals surface area contributed by atoms with Crippen molar-refractivity contribution in [2.24, 2.45) is 5.41 Å². The summed E-state index contributed by atoms with van der Waals surface area (Å²) >= 11 is 6.15. The van der Waals surface area contributed by atoms with Crippen molar-refractivity contribution < 1.29 is 0 Å². The van der Waals surface area contributed by atoms with Gasteiger partial charge in [-0.05, 0) is 36.9 Å². The maximum Gasteiger partial charge on any atom is 0.0453 e. The lowest BCUT2D eigenvalue weighted by molar-refractivity contribution is 0.358. The molecule has 1 rings (SSSR count). The van der Waals surface area contributed by atoms with Gasteiger partial charge in [0.05, 0.1) is 0 Å². The molecule has 1 atom stereocenters. The highest BCUT2D eigenvalue weighted by molar-refractivity contribution is 6.31. The molecule has 0 aliphatic carbocycles. The van der Waals surface area contributed by atoms with Crippen molar-refractivity contribution in [1.29, 1.82) is 0 Å². The highest BCUT2D eigenvalue weighted by atomic mass is 35.5. The van der Waals surface area contributed by atoms with Crippen molar-refractivity contribution in [3.05, 3.63) is 34.9 Å². The highest BCUT2D eigenvalue weighted by Crippen LogP contribution is 2.23. The van der Waals surface area contributed by atoms with E-state index in [2.05, 4.69) is 39.1 Å².